The second-order valence-corrected chi connectivity index (χ2v) is 4.13. The van der Waals surface area contributed by atoms with E-state index in [9.17, 15) is 4.39 Å². The minimum absolute atomic E-state index is 0.191. The Hall–Kier alpha value is -1.22. The molecule has 14 heavy (non-hydrogen) atoms. The molecule has 0 aliphatic carbocycles. The molecule has 0 fully saturated rings. The number of hydrogen-bond donors (Lipinski definition) is 0. The summed E-state index contributed by atoms with van der Waals surface area (Å²) in [5, 5.41) is 3.10. The van der Waals surface area contributed by atoms with Gasteiger partial charge >= 0.3 is 0 Å². The summed E-state index contributed by atoms with van der Waals surface area (Å²) >= 11 is 1.64. The number of aromatic nitrogens is 1. The van der Waals surface area contributed by atoms with Gasteiger partial charge in [0, 0.05) is 17.5 Å². The van der Waals surface area contributed by atoms with Crippen molar-refractivity contribution in [2.75, 3.05) is 0 Å². The van der Waals surface area contributed by atoms with Gasteiger partial charge in [-0.15, -0.1) is 11.3 Å². The molecule has 0 N–H and O–H groups in total. The van der Waals surface area contributed by atoms with Gasteiger partial charge in [0.1, 0.15) is 5.82 Å². The molecule has 0 saturated heterocycles. The quantitative estimate of drug-likeness (QED) is 0.737. The summed E-state index contributed by atoms with van der Waals surface area (Å²) in [4.78, 5) is 4.35. The average Bonchev–Trinajstić information content (AvgIpc) is 2.56. The Kier molecular flexibility index (Phi) is 2.59. The third-order valence-electron chi connectivity index (χ3n) is 1.94. The van der Waals surface area contributed by atoms with Crippen LogP contribution in [0.3, 0.4) is 0 Å². The Labute approximate surface area is 86.2 Å². The molecule has 2 rings (SSSR count). The van der Waals surface area contributed by atoms with Crippen LogP contribution in [0.1, 0.15) is 16.3 Å². The van der Waals surface area contributed by atoms with Crippen molar-refractivity contribution in [1.29, 1.82) is 0 Å². The number of hydrogen-bond acceptors (Lipinski definition) is 2. The first kappa shape index (κ1) is 9.34. The Bertz CT molecular complexity index is 419. The summed E-state index contributed by atoms with van der Waals surface area (Å²) in [6, 6.07) is 6.56. The molecule has 0 aliphatic heterocycles. The van der Waals surface area contributed by atoms with Gasteiger partial charge in [0.15, 0.2) is 0 Å². The molecule has 3 heteroatoms. The fourth-order valence-corrected chi connectivity index (χ4v) is 2.07. The van der Waals surface area contributed by atoms with Crippen LogP contribution in [0.2, 0.25) is 0 Å². The van der Waals surface area contributed by atoms with Gasteiger partial charge in [-0.05, 0) is 24.6 Å². The van der Waals surface area contributed by atoms with Crippen LogP contribution in [0.25, 0.3) is 0 Å². The first-order valence-corrected chi connectivity index (χ1v) is 5.27. The molecular formula is C11H10FNS. The lowest BCUT2D eigenvalue weighted by Crippen LogP contribution is -1.87. The van der Waals surface area contributed by atoms with E-state index >= 15 is 0 Å². The summed E-state index contributed by atoms with van der Waals surface area (Å²) in [5.74, 6) is -0.191. The molecule has 72 valence electrons. The van der Waals surface area contributed by atoms with Crippen LogP contribution in [0, 0.1) is 12.7 Å². The number of halogens is 1. The van der Waals surface area contributed by atoms with Gasteiger partial charge in [-0.3, -0.25) is 0 Å². The molecule has 0 saturated carbocycles. The molecule has 2 aromatic rings. The van der Waals surface area contributed by atoms with Crippen molar-refractivity contribution in [3.05, 3.63) is 51.7 Å². The predicted molar refractivity (Wildman–Crippen MR) is 56.1 cm³/mol. The van der Waals surface area contributed by atoms with Crippen LogP contribution < -0.4 is 0 Å². The SMILES string of the molecule is Cc1csc(Cc2ccc(F)cc2)n1. The van der Waals surface area contributed by atoms with Gasteiger partial charge in [0.25, 0.3) is 0 Å². The van der Waals surface area contributed by atoms with Crippen molar-refractivity contribution in [2.24, 2.45) is 0 Å². The molecule has 1 heterocycles. The molecule has 1 aromatic carbocycles. The fraction of sp³-hybridized carbons (Fsp3) is 0.182. The van der Waals surface area contributed by atoms with Crippen LogP contribution in [-0.4, -0.2) is 4.98 Å². The van der Waals surface area contributed by atoms with Crippen LogP contribution in [0.5, 0.6) is 0 Å². The molecule has 0 radical (unpaired) electrons. The number of rotatable bonds is 2. The second kappa shape index (κ2) is 3.88. The third kappa shape index (κ3) is 2.17. The zero-order valence-corrected chi connectivity index (χ0v) is 8.64. The number of nitrogens with zero attached hydrogens (tertiary/aromatic N) is 1. The van der Waals surface area contributed by atoms with Crippen molar-refractivity contribution in [3.63, 3.8) is 0 Å². The Morgan fingerprint density at radius 3 is 2.57 bits per heavy atom. The second-order valence-electron chi connectivity index (χ2n) is 3.19. The molecular weight excluding hydrogens is 197 g/mol. The number of aryl methyl sites for hydroxylation is 1. The molecule has 0 aliphatic rings. The summed E-state index contributed by atoms with van der Waals surface area (Å²) < 4.78 is 12.6. The molecule has 1 aromatic heterocycles. The van der Waals surface area contributed by atoms with Crippen molar-refractivity contribution < 1.29 is 4.39 Å². The van der Waals surface area contributed by atoms with Gasteiger partial charge in [0.2, 0.25) is 0 Å². The number of thiazole rings is 1. The first-order chi connectivity index (χ1) is 6.74. The zero-order chi connectivity index (χ0) is 9.97. The van der Waals surface area contributed by atoms with Crippen LogP contribution in [0.15, 0.2) is 29.6 Å². The number of benzene rings is 1. The monoisotopic (exact) mass is 207 g/mol. The molecule has 0 amide bonds. The highest BCUT2D eigenvalue weighted by molar-refractivity contribution is 7.09. The van der Waals surface area contributed by atoms with Crippen molar-refractivity contribution in [3.8, 4) is 0 Å². The summed E-state index contributed by atoms with van der Waals surface area (Å²) in [6.45, 7) is 1.98. The highest BCUT2D eigenvalue weighted by Crippen LogP contribution is 2.14. The smallest absolute Gasteiger partial charge is 0.123 e. The van der Waals surface area contributed by atoms with Gasteiger partial charge < -0.3 is 0 Å². The molecule has 0 spiro atoms. The first-order valence-electron chi connectivity index (χ1n) is 4.39. The Balaban J connectivity index is 2.15. The summed E-state index contributed by atoms with van der Waals surface area (Å²) in [6.07, 6.45) is 0.790. The van der Waals surface area contributed by atoms with Gasteiger partial charge in [-0.2, -0.15) is 0 Å². The van der Waals surface area contributed by atoms with Gasteiger partial charge in [0.05, 0.1) is 5.01 Å². The maximum Gasteiger partial charge on any atom is 0.123 e. The van der Waals surface area contributed by atoms with E-state index in [1.807, 2.05) is 12.3 Å². The van der Waals surface area contributed by atoms with E-state index in [0.717, 1.165) is 22.7 Å². The average molecular weight is 207 g/mol. The lowest BCUT2D eigenvalue weighted by Gasteiger charge is -1.96. The molecule has 0 bridgehead atoms. The lowest BCUT2D eigenvalue weighted by atomic mass is 10.1. The highest BCUT2D eigenvalue weighted by Gasteiger charge is 2.00. The van der Waals surface area contributed by atoms with Crippen molar-refractivity contribution in [2.45, 2.75) is 13.3 Å². The van der Waals surface area contributed by atoms with E-state index in [2.05, 4.69) is 4.98 Å². The van der Waals surface area contributed by atoms with Gasteiger partial charge in [-0.1, -0.05) is 12.1 Å². The standard InChI is InChI=1S/C11H10FNS/c1-8-7-14-11(13-8)6-9-2-4-10(12)5-3-9/h2-5,7H,6H2,1H3. The van der Waals surface area contributed by atoms with E-state index in [-0.39, 0.29) is 5.82 Å². The zero-order valence-electron chi connectivity index (χ0n) is 7.83. The van der Waals surface area contributed by atoms with E-state index in [1.165, 1.54) is 12.1 Å². The molecule has 1 nitrogen and oxygen atoms in total. The largest absolute Gasteiger partial charge is 0.246 e. The van der Waals surface area contributed by atoms with Crippen molar-refractivity contribution in [1.82, 2.24) is 4.98 Å². The highest BCUT2D eigenvalue weighted by atomic mass is 32.1. The summed E-state index contributed by atoms with van der Waals surface area (Å²) in [5.41, 5.74) is 2.15. The fourth-order valence-electron chi connectivity index (χ4n) is 1.26. The normalized spacial score (nSPS) is 10.4. The molecule has 0 atom stereocenters. The van der Waals surface area contributed by atoms with Crippen LogP contribution in [0.4, 0.5) is 4.39 Å². The Morgan fingerprint density at radius 1 is 1.29 bits per heavy atom. The summed E-state index contributed by atoms with van der Waals surface area (Å²) in [7, 11) is 0. The van der Waals surface area contributed by atoms with E-state index in [1.54, 1.807) is 23.5 Å². The maximum atomic E-state index is 12.6. The predicted octanol–water partition coefficient (Wildman–Crippen LogP) is 3.18. The maximum absolute atomic E-state index is 12.6. The van der Waals surface area contributed by atoms with Crippen LogP contribution >= 0.6 is 11.3 Å². The Morgan fingerprint density at radius 2 is 2.00 bits per heavy atom. The topological polar surface area (TPSA) is 12.9 Å². The minimum atomic E-state index is -0.191. The van der Waals surface area contributed by atoms with Crippen LogP contribution in [-0.2, 0) is 6.42 Å². The van der Waals surface area contributed by atoms with E-state index in [4.69, 9.17) is 0 Å². The minimum Gasteiger partial charge on any atom is -0.246 e. The third-order valence-corrected chi connectivity index (χ3v) is 2.90. The van der Waals surface area contributed by atoms with E-state index < -0.39 is 0 Å². The molecule has 0 unspecified atom stereocenters. The van der Waals surface area contributed by atoms with Gasteiger partial charge in [-0.25, -0.2) is 9.37 Å². The van der Waals surface area contributed by atoms with Crippen molar-refractivity contribution >= 4 is 11.3 Å². The lowest BCUT2D eigenvalue weighted by molar-refractivity contribution is 0.627. The van der Waals surface area contributed by atoms with E-state index in [0.29, 0.717) is 0 Å².